The average Bonchev–Trinajstić information content (AvgIpc) is 3.01. The van der Waals surface area contributed by atoms with Gasteiger partial charge in [0.1, 0.15) is 0 Å². The van der Waals surface area contributed by atoms with Gasteiger partial charge in [-0.05, 0) is 47.5 Å². The summed E-state index contributed by atoms with van der Waals surface area (Å²) in [5.41, 5.74) is 8.80. The summed E-state index contributed by atoms with van der Waals surface area (Å²) in [6, 6.07) is 8.66. The Hall–Kier alpha value is -1.23. The minimum absolute atomic E-state index is 0.147. The number of aromatic nitrogens is 1. The van der Waals surface area contributed by atoms with E-state index in [1.807, 2.05) is 18.3 Å². The van der Waals surface area contributed by atoms with Crippen molar-refractivity contribution in [3.63, 3.8) is 0 Å². The molecule has 0 radical (unpaired) electrons. The highest BCUT2D eigenvalue weighted by Gasteiger charge is 2.25. The van der Waals surface area contributed by atoms with E-state index in [1.54, 1.807) is 11.3 Å². The molecule has 0 spiro atoms. The van der Waals surface area contributed by atoms with Crippen molar-refractivity contribution in [1.29, 1.82) is 0 Å². The Morgan fingerprint density at radius 2 is 2.15 bits per heavy atom. The van der Waals surface area contributed by atoms with Gasteiger partial charge in [-0.2, -0.15) is 11.3 Å². The van der Waals surface area contributed by atoms with Crippen LogP contribution in [-0.2, 0) is 6.54 Å². The molecule has 2 rings (SSSR count). The smallest absolute Gasteiger partial charge is 0.0544 e. The summed E-state index contributed by atoms with van der Waals surface area (Å²) in [4.78, 5) is 6.85. The summed E-state index contributed by atoms with van der Waals surface area (Å²) in [5.74, 6) is 0. The van der Waals surface area contributed by atoms with Crippen LogP contribution in [0.15, 0.2) is 41.2 Å². The molecule has 2 aromatic heterocycles. The summed E-state index contributed by atoms with van der Waals surface area (Å²) >= 11 is 1.73. The van der Waals surface area contributed by atoms with E-state index in [0.717, 1.165) is 25.2 Å². The first-order valence-corrected chi connectivity index (χ1v) is 8.12. The van der Waals surface area contributed by atoms with Crippen molar-refractivity contribution in [2.45, 2.75) is 38.9 Å². The number of likely N-dealkylation sites (N-methyl/N-ethyl adjacent to an activating group) is 1. The highest BCUT2D eigenvalue weighted by Crippen LogP contribution is 2.28. The van der Waals surface area contributed by atoms with Crippen LogP contribution in [0.3, 0.4) is 0 Å². The molecule has 2 aromatic rings. The molecule has 4 heteroatoms. The Kier molecular flexibility index (Phi) is 5.71. The van der Waals surface area contributed by atoms with Crippen LogP contribution in [0.1, 0.15) is 37.6 Å². The van der Waals surface area contributed by atoms with Crippen LogP contribution in [0.4, 0.5) is 0 Å². The Morgan fingerprint density at radius 3 is 2.70 bits per heavy atom. The van der Waals surface area contributed by atoms with Crippen molar-refractivity contribution < 1.29 is 0 Å². The molecular formula is C16H23N3S. The predicted molar refractivity (Wildman–Crippen MR) is 85.6 cm³/mol. The van der Waals surface area contributed by atoms with Crippen molar-refractivity contribution in [2.24, 2.45) is 5.73 Å². The quantitative estimate of drug-likeness (QED) is 0.849. The number of rotatable bonds is 7. The van der Waals surface area contributed by atoms with Gasteiger partial charge in [0.05, 0.1) is 11.7 Å². The molecule has 2 N–H and O–H groups in total. The number of thiophene rings is 1. The van der Waals surface area contributed by atoms with Gasteiger partial charge in [0.25, 0.3) is 0 Å². The van der Waals surface area contributed by atoms with Crippen LogP contribution < -0.4 is 5.73 Å². The summed E-state index contributed by atoms with van der Waals surface area (Å²) < 4.78 is 0. The number of nitrogens with two attached hydrogens (primary N) is 1. The summed E-state index contributed by atoms with van der Waals surface area (Å²) in [7, 11) is 0. The standard InChI is InChI=1S/C16H23N3S/c1-3-15(17)16(13-8-10-20-12-13)19(4-2)11-14-7-5-6-9-18-14/h5-10,12,15-16H,3-4,11,17H2,1-2H3. The van der Waals surface area contributed by atoms with Crippen molar-refractivity contribution in [1.82, 2.24) is 9.88 Å². The number of hydrogen-bond acceptors (Lipinski definition) is 4. The van der Waals surface area contributed by atoms with Gasteiger partial charge in [0.2, 0.25) is 0 Å². The Balaban J connectivity index is 2.21. The third-order valence-corrected chi connectivity index (χ3v) is 4.35. The third-order valence-electron chi connectivity index (χ3n) is 3.65. The van der Waals surface area contributed by atoms with Gasteiger partial charge in [-0.15, -0.1) is 0 Å². The molecular weight excluding hydrogens is 266 g/mol. The first-order valence-electron chi connectivity index (χ1n) is 7.17. The fraction of sp³-hybridized carbons (Fsp3) is 0.438. The zero-order chi connectivity index (χ0) is 14.4. The predicted octanol–water partition coefficient (Wildman–Crippen LogP) is 3.44. The Bertz CT molecular complexity index is 484. The molecule has 2 heterocycles. The van der Waals surface area contributed by atoms with Gasteiger partial charge < -0.3 is 5.73 Å². The number of hydrogen-bond donors (Lipinski definition) is 1. The van der Waals surface area contributed by atoms with Gasteiger partial charge in [-0.3, -0.25) is 9.88 Å². The first kappa shape index (κ1) is 15.2. The lowest BCUT2D eigenvalue weighted by Gasteiger charge is -2.34. The SMILES string of the molecule is CCC(N)C(c1ccsc1)N(CC)Cc1ccccn1. The average molecular weight is 289 g/mol. The van der Waals surface area contributed by atoms with E-state index in [4.69, 9.17) is 5.73 Å². The molecule has 0 fully saturated rings. The van der Waals surface area contributed by atoms with Crippen molar-refractivity contribution >= 4 is 11.3 Å². The Labute approximate surface area is 125 Å². The molecule has 0 aliphatic rings. The molecule has 0 bridgehead atoms. The van der Waals surface area contributed by atoms with Crippen LogP contribution in [-0.4, -0.2) is 22.5 Å². The number of nitrogens with zero attached hydrogens (tertiary/aromatic N) is 2. The normalized spacial score (nSPS) is 14.4. The van der Waals surface area contributed by atoms with E-state index in [2.05, 4.69) is 46.6 Å². The van der Waals surface area contributed by atoms with Gasteiger partial charge in [0.15, 0.2) is 0 Å². The fourth-order valence-electron chi connectivity index (χ4n) is 2.50. The summed E-state index contributed by atoms with van der Waals surface area (Å²) in [5, 5.41) is 4.33. The van der Waals surface area contributed by atoms with Crippen LogP contribution in [0, 0.1) is 0 Å². The van der Waals surface area contributed by atoms with Crippen molar-refractivity contribution in [3.8, 4) is 0 Å². The van der Waals surface area contributed by atoms with Crippen LogP contribution in [0.2, 0.25) is 0 Å². The molecule has 2 unspecified atom stereocenters. The van der Waals surface area contributed by atoms with Crippen molar-refractivity contribution in [2.75, 3.05) is 6.54 Å². The van der Waals surface area contributed by atoms with E-state index in [9.17, 15) is 0 Å². The third kappa shape index (κ3) is 3.66. The zero-order valence-corrected chi connectivity index (χ0v) is 13.0. The summed E-state index contributed by atoms with van der Waals surface area (Å²) in [6.07, 6.45) is 2.82. The van der Waals surface area contributed by atoms with Gasteiger partial charge in [0, 0.05) is 18.8 Å². The molecule has 0 aliphatic heterocycles. The van der Waals surface area contributed by atoms with E-state index in [1.165, 1.54) is 5.56 Å². The second kappa shape index (κ2) is 7.53. The Morgan fingerprint density at radius 1 is 1.30 bits per heavy atom. The van der Waals surface area contributed by atoms with E-state index >= 15 is 0 Å². The molecule has 108 valence electrons. The lowest BCUT2D eigenvalue weighted by molar-refractivity contribution is 0.168. The van der Waals surface area contributed by atoms with E-state index in [0.29, 0.717) is 0 Å². The molecule has 0 saturated carbocycles. The second-order valence-corrected chi connectivity index (χ2v) is 5.74. The highest BCUT2D eigenvalue weighted by atomic mass is 32.1. The monoisotopic (exact) mass is 289 g/mol. The lowest BCUT2D eigenvalue weighted by Crippen LogP contribution is -2.40. The maximum Gasteiger partial charge on any atom is 0.0544 e. The maximum atomic E-state index is 6.38. The molecule has 3 nitrogen and oxygen atoms in total. The molecule has 20 heavy (non-hydrogen) atoms. The first-order chi connectivity index (χ1) is 9.76. The van der Waals surface area contributed by atoms with Crippen molar-refractivity contribution in [3.05, 3.63) is 52.5 Å². The molecule has 0 amide bonds. The van der Waals surface area contributed by atoms with Gasteiger partial charge >= 0.3 is 0 Å². The van der Waals surface area contributed by atoms with Gasteiger partial charge in [-0.1, -0.05) is 19.9 Å². The minimum Gasteiger partial charge on any atom is -0.326 e. The van der Waals surface area contributed by atoms with E-state index in [-0.39, 0.29) is 12.1 Å². The highest BCUT2D eigenvalue weighted by molar-refractivity contribution is 7.07. The molecule has 2 atom stereocenters. The maximum absolute atomic E-state index is 6.38. The van der Waals surface area contributed by atoms with Gasteiger partial charge in [-0.25, -0.2) is 0 Å². The minimum atomic E-state index is 0.147. The van der Waals surface area contributed by atoms with Crippen LogP contribution >= 0.6 is 11.3 Å². The second-order valence-electron chi connectivity index (χ2n) is 4.96. The molecule has 0 aromatic carbocycles. The fourth-order valence-corrected chi connectivity index (χ4v) is 3.19. The lowest BCUT2D eigenvalue weighted by atomic mass is 9.98. The largest absolute Gasteiger partial charge is 0.326 e. The molecule has 0 aliphatic carbocycles. The zero-order valence-electron chi connectivity index (χ0n) is 12.2. The molecule has 0 saturated heterocycles. The van der Waals surface area contributed by atoms with E-state index < -0.39 is 0 Å². The topological polar surface area (TPSA) is 42.1 Å². The summed E-state index contributed by atoms with van der Waals surface area (Å²) in [6.45, 7) is 6.14. The van der Waals surface area contributed by atoms with Crippen LogP contribution in [0.25, 0.3) is 0 Å². The van der Waals surface area contributed by atoms with Crippen LogP contribution in [0.5, 0.6) is 0 Å². The number of pyridine rings is 1.